The maximum absolute atomic E-state index is 15.2. The van der Waals surface area contributed by atoms with Crippen molar-refractivity contribution in [2.45, 2.75) is 118 Å². The Bertz CT molecular complexity index is 2460. The molecule has 8 amide bonds. The third kappa shape index (κ3) is 14.3. The van der Waals surface area contributed by atoms with Crippen LogP contribution in [-0.4, -0.2) is 189 Å². The van der Waals surface area contributed by atoms with E-state index in [0.29, 0.717) is 37.1 Å². The first kappa shape index (κ1) is 57.4. The minimum absolute atomic E-state index is 0.104. The second-order valence-corrected chi connectivity index (χ2v) is 20.2. The molecule has 2 fully saturated rings. The van der Waals surface area contributed by atoms with Crippen LogP contribution in [0.2, 0.25) is 0 Å². The zero-order valence-corrected chi connectivity index (χ0v) is 42.4. The van der Waals surface area contributed by atoms with Gasteiger partial charge in [0.1, 0.15) is 42.8 Å². The van der Waals surface area contributed by atoms with E-state index in [4.69, 9.17) is 28.7 Å². The van der Waals surface area contributed by atoms with E-state index >= 15 is 4.79 Å². The van der Waals surface area contributed by atoms with Crippen LogP contribution in [0.15, 0.2) is 58.4 Å². The number of rotatable bonds is 24. The normalized spacial score (nSPS) is 20.9. The number of fused-ring (bicyclic) bond motifs is 2. The molecular formula is C49H69N13O12S. The van der Waals surface area contributed by atoms with Gasteiger partial charge in [-0.3, -0.25) is 53.0 Å². The standard InChI is InChI=1S/C49H69N13O12S/c50-16-6-5-11-31(51)43(69)57-32(12-7-17-55-49(53)54)45(71)59-18-8-14-34(59)46(72)60-23-30(64)21-35(60)44(70)56-22-39(65)58-41(29-19-27-9-1-2-10-28(27)20-29)48(74)62(36(25-63)42(52)68)37-26-75-38-15-4-3-13-33(38)61(47(37)73)24-40(66)67/h1-4,9-10,13,15,29-32,34-37,41,63-64H,5-8,11-12,14,16-26,50-51H2,(H2,52,68)(H,56,70)(H,57,69)(H,58,65)(H,66,67)(H4,53,54,55)/t30-,31+,32+,34+,35+,36+,37-,41?/m1/s1. The van der Waals surface area contributed by atoms with Crippen LogP contribution in [0.1, 0.15) is 62.5 Å². The van der Waals surface area contributed by atoms with Crippen LogP contribution in [0.4, 0.5) is 5.69 Å². The minimum atomic E-state index is -1.80. The van der Waals surface area contributed by atoms with E-state index in [1.165, 1.54) is 4.90 Å². The smallest absolute Gasteiger partial charge is 0.323 e. The fourth-order valence-corrected chi connectivity index (χ4v) is 11.4. The molecule has 25 nitrogen and oxygen atoms in total. The van der Waals surface area contributed by atoms with Gasteiger partial charge in [0.05, 0.1) is 31.0 Å². The van der Waals surface area contributed by atoms with Crippen LogP contribution in [0.3, 0.4) is 0 Å². The van der Waals surface area contributed by atoms with Gasteiger partial charge in [0.2, 0.25) is 41.4 Å². The van der Waals surface area contributed by atoms with Crippen molar-refractivity contribution in [3.05, 3.63) is 59.7 Å². The van der Waals surface area contributed by atoms with Gasteiger partial charge >= 0.3 is 5.97 Å². The lowest BCUT2D eigenvalue weighted by molar-refractivity contribution is -0.150. The number of hydrogen-bond donors (Lipinski definition) is 11. The number of carbonyl (C=O) groups excluding carboxylic acids is 8. The fraction of sp³-hybridized carbons (Fsp3) is 0.551. The molecule has 0 aromatic heterocycles. The molecular weight excluding hydrogens is 995 g/mol. The number of unbranched alkanes of at least 4 members (excludes halogenated alkanes) is 1. The van der Waals surface area contributed by atoms with Crippen molar-refractivity contribution in [1.82, 2.24) is 30.7 Å². The number of primary amides is 1. The van der Waals surface area contributed by atoms with Gasteiger partial charge in [-0.2, -0.15) is 0 Å². The van der Waals surface area contributed by atoms with Gasteiger partial charge in [-0.15, -0.1) is 11.8 Å². The predicted molar refractivity (Wildman–Crippen MR) is 274 cm³/mol. The minimum Gasteiger partial charge on any atom is -0.480 e. The van der Waals surface area contributed by atoms with Crippen molar-refractivity contribution in [2.24, 2.45) is 39.6 Å². The molecule has 1 unspecified atom stereocenters. The number of aliphatic carboxylic acids is 1. The molecule has 8 atom stereocenters. The van der Waals surface area contributed by atoms with Gasteiger partial charge in [-0.05, 0) is 87.1 Å². The summed E-state index contributed by atoms with van der Waals surface area (Å²) in [5.74, 6) is -8.91. The topological polar surface area (TPSA) is 406 Å². The monoisotopic (exact) mass is 1060 g/mol. The number of amides is 8. The van der Waals surface area contributed by atoms with Crippen molar-refractivity contribution < 1.29 is 58.5 Å². The second-order valence-electron chi connectivity index (χ2n) is 19.1. The maximum Gasteiger partial charge on any atom is 0.323 e. The molecule has 16 N–H and O–H groups in total. The van der Waals surface area contributed by atoms with E-state index in [1.807, 2.05) is 12.1 Å². The number of hydrogen-bond acceptors (Lipinski definition) is 15. The van der Waals surface area contributed by atoms with E-state index in [9.17, 15) is 53.7 Å². The van der Waals surface area contributed by atoms with E-state index < -0.39 is 127 Å². The number of aliphatic hydroxyl groups is 2. The highest BCUT2D eigenvalue weighted by molar-refractivity contribution is 7.99. The Kier molecular flexibility index (Phi) is 20.3. The first-order valence-electron chi connectivity index (χ1n) is 25.1. The summed E-state index contributed by atoms with van der Waals surface area (Å²) in [6, 6.07) is 4.52. The number of β-amino-alcohol motifs (C(OH)–C–C–N with tert-alkyl or cyclic N) is 1. The predicted octanol–water partition coefficient (Wildman–Crippen LogP) is -3.78. The molecule has 2 aromatic carbocycles. The lowest BCUT2D eigenvalue weighted by Crippen LogP contribution is -2.65. The molecule has 408 valence electrons. The van der Waals surface area contributed by atoms with Crippen molar-refractivity contribution >= 4 is 76.6 Å². The summed E-state index contributed by atoms with van der Waals surface area (Å²) < 4.78 is 0. The number of aliphatic imine (C=N–C) groups is 1. The van der Waals surface area contributed by atoms with Crippen LogP contribution in [0, 0.1) is 5.92 Å². The van der Waals surface area contributed by atoms with Crippen LogP contribution >= 0.6 is 11.8 Å². The number of carboxylic acid groups (broad SMARTS) is 1. The number of nitrogens with zero attached hydrogens (tertiary/aromatic N) is 5. The molecule has 0 radical (unpaired) electrons. The van der Waals surface area contributed by atoms with Gasteiger partial charge in [-0.1, -0.05) is 42.8 Å². The molecule has 3 heterocycles. The molecule has 26 heteroatoms. The first-order chi connectivity index (χ1) is 35.8. The van der Waals surface area contributed by atoms with Gasteiger partial charge in [0.15, 0.2) is 5.96 Å². The number of nitrogens with one attached hydrogen (secondary N) is 3. The Morgan fingerprint density at radius 2 is 1.59 bits per heavy atom. The lowest BCUT2D eigenvalue weighted by Gasteiger charge is -2.39. The molecule has 0 saturated carbocycles. The third-order valence-corrected chi connectivity index (χ3v) is 15.1. The zero-order valence-electron chi connectivity index (χ0n) is 41.6. The Morgan fingerprint density at radius 1 is 0.893 bits per heavy atom. The van der Waals surface area contributed by atoms with E-state index in [1.54, 1.807) is 36.4 Å². The molecule has 2 aromatic rings. The fourth-order valence-electron chi connectivity index (χ4n) is 10.2. The average Bonchev–Trinajstić information content (AvgIpc) is 4.13. The molecule has 75 heavy (non-hydrogen) atoms. The molecule has 4 aliphatic rings. The summed E-state index contributed by atoms with van der Waals surface area (Å²) in [4.78, 5) is 134. The van der Waals surface area contributed by atoms with Crippen molar-refractivity contribution in [1.29, 1.82) is 0 Å². The summed E-state index contributed by atoms with van der Waals surface area (Å²) in [6.45, 7) is -2.13. The summed E-state index contributed by atoms with van der Waals surface area (Å²) in [5, 5.41) is 39.3. The number of aliphatic hydroxyl groups excluding tert-OH is 2. The van der Waals surface area contributed by atoms with Crippen molar-refractivity contribution in [3.8, 4) is 0 Å². The van der Waals surface area contributed by atoms with Crippen LogP contribution in [-0.2, 0) is 56.0 Å². The molecule has 3 aliphatic heterocycles. The Hall–Kier alpha value is -6.87. The van der Waals surface area contributed by atoms with Gasteiger partial charge in [0.25, 0.3) is 5.91 Å². The Morgan fingerprint density at radius 3 is 2.24 bits per heavy atom. The molecule has 1 aliphatic carbocycles. The zero-order chi connectivity index (χ0) is 54.5. The lowest BCUT2D eigenvalue weighted by atomic mass is 9.93. The highest BCUT2D eigenvalue weighted by Crippen LogP contribution is 2.37. The van der Waals surface area contributed by atoms with Gasteiger partial charge in [-0.25, -0.2) is 0 Å². The number of guanidine groups is 1. The summed E-state index contributed by atoms with van der Waals surface area (Å²) in [5.41, 5.74) is 30.5. The Balaban J connectivity index is 1.19. The number of benzene rings is 2. The summed E-state index contributed by atoms with van der Waals surface area (Å²) >= 11 is 1.11. The second kappa shape index (κ2) is 26.6. The third-order valence-electron chi connectivity index (χ3n) is 13.9. The quantitative estimate of drug-likeness (QED) is 0.0273. The van der Waals surface area contributed by atoms with E-state index in [-0.39, 0.29) is 75.6 Å². The van der Waals surface area contributed by atoms with Crippen LogP contribution in [0.5, 0.6) is 0 Å². The van der Waals surface area contributed by atoms with E-state index in [2.05, 4.69) is 20.9 Å². The molecule has 0 bridgehead atoms. The highest BCUT2D eigenvalue weighted by atomic mass is 32.2. The van der Waals surface area contributed by atoms with Crippen molar-refractivity contribution in [2.75, 3.05) is 56.5 Å². The number of thioether (sulfide) groups is 1. The Labute approximate surface area is 437 Å². The first-order valence-corrected chi connectivity index (χ1v) is 26.0. The summed E-state index contributed by atoms with van der Waals surface area (Å²) in [7, 11) is 0. The van der Waals surface area contributed by atoms with Gasteiger partial charge < -0.3 is 74.6 Å². The highest BCUT2D eigenvalue weighted by Gasteiger charge is 2.48. The molecule has 2 saturated heterocycles. The summed E-state index contributed by atoms with van der Waals surface area (Å²) in [6.07, 6.45) is 1.72. The number of para-hydroxylation sites is 1. The number of nitrogens with two attached hydrogens (primary N) is 5. The average molecular weight is 1060 g/mol. The number of likely N-dealkylation sites (tertiary alicyclic amines) is 2. The number of anilines is 1. The van der Waals surface area contributed by atoms with Crippen molar-refractivity contribution in [3.63, 3.8) is 0 Å². The van der Waals surface area contributed by atoms with Gasteiger partial charge in [0, 0.05) is 36.7 Å². The number of carbonyl (C=O) groups is 9. The number of carboxylic acids is 1. The SMILES string of the molecule is NCCCC[C@H](N)C(=O)N[C@@H](CCCN=C(N)N)C(=O)N1CCC[C@H]1C(=O)N1C[C@H](O)C[C@H]1C(=O)NCC(=O)NC(C(=O)N([C@@H]1CSc2ccccc2N(CC(=O)O)C1=O)[C@@H](CO)C(N)=O)C1Cc2ccccc2C1. The van der Waals surface area contributed by atoms with Crippen LogP contribution in [0.25, 0.3) is 0 Å². The van der Waals surface area contributed by atoms with E-state index in [0.717, 1.165) is 37.6 Å². The maximum atomic E-state index is 15.2. The molecule has 6 rings (SSSR count). The largest absolute Gasteiger partial charge is 0.480 e. The van der Waals surface area contributed by atoms with Crippen LogP contribution < -0.4 is 49.5 Å². The molecule has 0 spiro atoms.